The van der Waals surface area contributed by atoms with E-state index >= 15 is 0 Å². The highest BCUT2D eigenvalue weighted by molar-refractivity contribution is 14.0. The number of benzene rings is 2. The van der Waals surface area contributed by atoms with Crippen LogP contribution in [0.25, 0.3) is 0 Å². The predicted octanol–water partition coefficient (Wildman–Crippen LogP) is 4.90. The number of guanidine groups is 1. The molecule has 1 heterocycles. The topological polar surface area (TPSA) is 74.8 Å². The number of nitrogens with zero attached hydrogens (tertiary/aromatic N) is 1. The number of amides is 1. The highest BCUT2D eigenvalue weighted by atomic mass is 127. The fourth-order valence-corrected chi connectivity index (χ4v) is 3.62. The van der Waals surface area contributed by atoms with Crippen LogP contribution in [-0.4, -0.2) is 31.6 Å². The van der Waals surface area contributed by atoms with Crippen molar-refractivity contribution < 1.29 is 22.7 Å². The van der Waals surface area contributed by atoms with Gasteiger partial charge in [0.1, 0.15) is 5.75 Å². The standard InChI is InChI=1S/C23H27F3N4O2.HI/c1-14(2)32-17-9-8-15(19(11-17)23(24,25)26)12-28-22(27-3)29-13-16-10-21(31)30-20-7-5-4-6-18(16)20;/h4-9,11,14,16H,10,12-13H2,1-3H3,(H,30,31)(H2,27,28,29);1H. The smallest absolute Gasteiger partial charge is 0.416 e. The molecule has 1 amide bonds. The van der Waals surface area contributed by atoms with Crippen molar-refractivity contribution >= 4 is 41.5 Å². The van der Waals surface area contributed by atoms with Gasteiger partial charge in [0.15, 0.2) is 5.96 Å². The highest BCUT2D eigenvalue weighted by Crippen LogP contribution is 2.35. The molecule has 0 radical (unpaired) electrons. The Morgan fingerprint density at radius 3 is 2.61 bits per heavy atom. The lowest BCUT2D eigenvalue weighted by Crippen LogP contribution is -2.40. The summed E-state index contributed by atoms with van der Waals surface area (Å²) < 4.78 is 46.1. The molecule has 10 heteroatoms. The summed E-state index contributed by atoms with van der Waals surface area (Å²) in [5, 5.41) is 8.90. The van der Waals surface area contributed by atoms with Gasteiger partial charge in [-0.2, -0.15) is 13.2 Å². The summed E-state index contributed by atoms with van der Waals surface area (Å²) in [5.74, 6) is 0.380. The molecule has 1 aliphatic rings. The largest absolute Gasteiger partial charge is 0.491 e. The second kappa shape index (κ2) is 11.6. The zero-order valence-electron chi connectivity index (χ0n) is 18.6. The number of hydrogen-bond donors (Lipinski definition) is 3. The van der Waals surface area contributed by atoms with E-state index in [1.54, 1.807) is 20.9 Å². The van der Waals surface area contributed by atoms with Gasteiger partial charge in [-0.1, -0.05) is 24.3 Å². The van der Waals surface area contributed by atoms with E-state index in [0.29, 0.717) is 18.9 Å². The van der Waals surface area contributed by atoms with Crippen LogP contribution in [0.1, 0.15) is 42.9 Å². The molecule has 180 valence electrons. The first-order valence-electron chi connectivity index (χ1n) is 10.4. The van der Waals surface area contributed by atoms with Crippen molar-refractivity contribution in [3.63, 3.8) is 0 Å². The summed E-state index contributed by atoms with van der Waals surface area (Å²) in [5.41, 5.74) is 1.11. The van der Waals surface area contributed by atoms with Crippen LogP contribution in [0.2, 0.25) is 0 Å². The number of anilines is 1. The number of para-hydroxylation sites is 1. The molecule has 0 aliphatic carbocycles. The van der Waals surface area contributed by atoms with Gasteiger partial charge < -0.3 is 20.7 Å². The van der Waals surface area contributed by atoms with Gasteiger partial charge in [-0.3, -0.25) is 9.79 Å². The number of aliphatic imine (C=N–C) groups is 1. The Morgan fingerprint density at radius 2 is 1.94 bits per heavy atom. The molecule has 2 aromatic carbocycles. The quantitative estimate of drug-likeness (QED) is 0.260. The molecule has 1 aliphatic heterocycles. The molecule has 3 rings (SSSR count). The first-order chi connectivity index (χ1) is 15.2. The first-order valence-corrected chi connectivity index (χ1v) is 10.4. The Labute approximate surface area is 208 Å². The van der Waals surface area contributed by atoms with Gasteiger partial charge in [0, 0.05) is 38.2 Å². The fraction of sp³-hybridized carbons (Fsp3) is 0.391. The number of hydrogen-bond acceptors (Lipinski definition) is 3. The van der Waals surface area contributed by atoms with E-state index in [1.165, 1.54) is 12.1 Å². The minimum atomic E-state index is -4.51. The van der Waals surface area contributed by atoms with Crippen molar-refractivity contribution in [3.8, 4) is 5.75 Å². The van der Waals surface area contributed by atoms with Crippen LogP contribution in [0, 0.1) is 0 Å². The number of alkyl halides is 3. The molecule has 0 saturated carbocycles. The molecular formula is C23H28F3IN4O2. The first kappa shape index (κ1) is 26.7. The van der Waals surface area contributed by atoms with Crippen molar-refractivity contribution in [2.24, 2.45) is 4.99 Å². The van der Waals surface area contributed by atoms with E-state index in [0.717, 1.165) is 17.3 Å². The predicted molar refractivity (Wildman–Crippen MR) is 133 cm³/mol. The molecule has 2 aromatic rings. The summed E-state index contributed by atoms with van der Waals surface area (Å²) in [6, 6.07) is 11.5. The molecule has 1 atom stereocenters. The number of nitrogens with one attached hydrogen (secondary N) is 3. The van der Waals surface area contributed by atoms with E-state index in [9.17, 15) is 18.0 Å². The van der Waals surface area contributed by atoms with Gasteiger partial charge in [-0.05, 0) is 43.2 Å². The summed E-state index contributed by atoms with van der Waals surface area (Å²) >= 11 is 0. The van der Waals surface area contributed by atoms with Gasteiger partial charge in [0.25, 0.3) is 0 Å². The average Bonchev–Trinajstić information content (AvgIpc) is 2.73. The van der Waals surface area contributed by atoms with Gasteiger partial charge >= 0.3 is 6.18 Å². The van der Waals surface area contributed by atoms with Crippen molar-refractivity contribution in [2.45, 2.75) is 45.0 Å². The van der Waals surface area contributed by atoms with Gasteiger partial charge in [-0.15, -0.1) is 24.0 Å². The Hall–Kier alpha value is -2.50. The van der Waals surface area contributed by atoms with E-state index in [2.05, 4.69) is 20.9 Å². The zero-order valence-corrected chi connectivity index (χ0v) is 21.0. The van der Waals surface area contributed by atoms with Crippen molar-refractivity contribution in [1.82, 2.24) is 10.6 Å². The minimum Gasteiger partial charge on any atom is -0.491 e. The second-order valence-corrected chi connectivity index (χ2v) is 7.83. The highest BCUT2D eigenvalue weighted by Gasteiger charge is 2.34. The molecule has 0 fully saturated rings. The van der Waals surface area contributed by atoms with E-state index in [4.69, 9.17) is 4.74 Å². The molecule has 0 bridgehead atoms. The van der Waals surface area contributed by atoms with E-state index < -0.39 is 11.7 Å². The maximum absolute atomic E-state index is 13.6. The van der Waals surface area contributed by atoms with Gasteiger partial charge in [0.2, 0.25) is 5.91 Å². The number of ether oxygens (including phenoxy) is 1. The number of carbonyl (C=O) groups excluding carboxylic acids is 1. The molecule has 1 unspecified atom stereocenters. The molecule has 0 aromatic heterocycles. The van der Waals surface area contributed by atoms with Crippen molar-refractivity contribution in [2.75, 3.05) is 18.9 Å². The Kier molecular flexibility index (Phi) is 9.38. The third kappa shape index (κ3) is 7.24. The number of fused-ring (bicyclic) bond motifs is 1. The molecule has 3 N–H and O–H groups in total. The van der Waals surface area contributed by atoms with Crippen LogP contribution in [0.3, 0.4) is 0 Å². The number of rotatable bonds is 6. The van der Waals surface area contributed by atoms with Crippen LogP contribution in [0.15, 0.2) is 47.5 Å². The number of carbonyl (C=O) groups is 1. The Morgan fingerprint density at radius 1 is 1.21 bits per heavy atom. The number of halogens is 4. The van der Waals surface area contributed by atoms with E-state index in [-0.39, 0.29) is 59.8 Å². The van der Waals surface area contributed by atoms with Gasteiger partial charge in [-0.25, -0.2) is 0 Å². The SMILES string of the molecule is CN=C(NCc1ccc(OC(C)C)cc1C(F)(F)F)NCC1CC(=O)Nc2ccccc21.I. The minimum absolute atomic E-state index is 0. The van der Waals surface area contributed by atoms with Crippen LogP contribution in [0.5, 0.6) is 5.75 Å². The third-order valence-electron chi connectivity index (χ3n) is 5.05. The van der Waals surface area contributed by atoms with E-state index in [1.807, 2.05) is 24.3 Å². The van der Waals surface area contributed by atoms with Crippen LogP contribution < -0.4 is 20.7 Å². The maximum Gasteiger partial charge on any atom is 0.416 e. The van der Waals surface area contributed by atoms with Gasteiger partial charge in [0.05, 0.1) is 11.7 Å². The zero-order chi connectivity index (χ0) is 23.3. The lowest BCUT2D eigenvalue weighted by atomic mass is 9.90. The van der Waals surface area contributed by atoms with Crippen LogP contribution in [-0.2, 0) is 17.5 Å². The fourth-order valence-electron chi connectivity index (χ4n) is 3.62. The summed E-state index contributed by atoms with van der Waals surface area (Å²) in [7, 11) is 1.54. The van der Waals surface area contributed by atoms with Crippen molar-refractivity contribution in [1.29, 1.82) is 0 Å². The second-order valence-electron chi connectivity index (χ2n) is 7.83. The average molecular weight is 576 g/mol. The normalized spacial score (nSPS) is 15.9. The lowest BCUT2D eigenvalue weighted by Gasteiger charge is -2.26. The molecule has 6 nitrogen and oxygen atoms in total. The molecule has 0 spiro atoms. The molecule has 0 saturated heterocycles. The monoisotopic (exact) mass is 576 g/mol. The molecule has 33 heavy (non-hydrogen) atoms. The lowest BCUT2D eigenvalue weighted by molar-refractivity contribution is -0.138. The Balaban J connectivity index is 0.00000385. The maximum atomic E-state index is 13.6. The van der Waals surface area contributed by atoms with Crippen molar-refractivity contribution in [3.05, 3.63) is 59.2 Å². The third-order valence-corrected chi connectivity index (χ3v) is 5.05. The summed E-state index contributed by atoms with van der Waals surface area (Å²) in [6.45, 7) is 3.86. The summed E-state index contributed by atoms with van der Waals surface area (Å²) in [4.78, 5) is 16.1. The van der Waals surface area contributed by atoms with Crippen LogP contribution in [0.4, 0.5) is 18.9 Å². The summed E-state index contributed by atoms with van der Waals surface area (Å²) in [6.07, 6.45) is -4.42. The Bertz CT molecular complexity index is 996. The van der Waals surface area contributed by atoms with Crippen LogP contribution >= 0.6 is 24.0 Å². The molecular weight excluding hydrogens is 548 g/mol.